The number of para-hydroxylation sites is 1. The maximum Gasteiger partial charge on any atom is 0.349 e. The second kappa shape index (κ2) is 7.22. The van der Waals surface area contributed by atoms with Crippen molar-refractivity contribution in [1.82, 2.24) is 0 Å². The summed E-state index contributed by atoms with van der Waals surface area (Å²) in [6.07, 6.45) is 2.12. The molecule has 5 nitrogen and oxygen atoms in total. The fraction of sp³-hybridized carbons (Fsp3) is 0.412. The Balaban J connectivity index is 2.32. The van der Waals surface area contributed by atoms with Gasteiger partial charge in [0.05, 0.1) is 6.61 Å². The van der Waals surface area contributed by atoms with Crippen molar-refractivity contribution in [2.45, 2.75) is 32.6 Å². The summed E-state index contributed by atoms with van der Waals surface area (Å²) in [5.74, 6) is -0.694. The number of rotatable bonds is 7. The molecule has 0 aliphatic carbocycles. The molecule has 2 rings (SSSR count). The van der Waals surface area contributed by atoms with Crippen LogP contribution in [0.2, 0.25) is 0 Å². The number of hydrogen-bond acceptors (Lipinski definition) is 4. The number of hydrogen-bond donors (Lipinski definition) is 1. The SMILES string of the molecule is CCCCOCC(C)c1cccc2cc(C(N)=O)c(=O)oc12. The molecule has 5 heteroatoms. The van der Waals surface area contributed by atoms with Crippen molar-refractivity contribution in [3.8, 4) is 0 Å². The van der Waals surface area contributed by atoms with Gasteiger partial charge in [-0.05, 0) is 12.5 Å². The van der Waals surface area contributed by atoms with Crippen LogP contribution in [0.1, 0.15) is 48.5 Å². The third-order valence-corrected chi connectivity index (χ3v) is 3.60. The molecule has 118 valence electrons. The first-order valence-corrected chi connectivity index (χ1v) is 7.49. The highest BCUT2D eigenvalue weighted by Gasteiger charge is 2.15. The van der Waals surface area contributed by atoms with Gasteiger partial charge in [0.15, 0.2) is 0 Å². The number of benzene rings is 1. The molecule has 1 unspecified atom stereocenters. The minimum absolute atomic E-state index is 0.0862. The minimum atomic E-state index is -0.781. The molecule has 1 heterocycles. The van der Waals surface area contributed by atoms with E-state index in [1.807, 2.05) is 19.1 Å². The van der Waals surface area contributed by atoms with Crippen LogP contribution < -0.4 is 11.4 Å². The van der Waals surface area contributed by atoms with E-state index in [-0.39, 0.29) is 11.5 Å². The molecule has 0 aliphatic heterocycles. The standard InChI is InChI=1S/C17H21NO4/c1-3-4-8-21-10-11(2)13-7-5-6-12-9-14(16(18)19)17(20)22-15(12)13/h5-7,9,11H,3-4,8,10H2,1-2H3,(H2,18,19). The number of carbonyl (C=O) groups excluding carboxylic acids is 1. The van der Waals surface area contributed by atoms with Crippen molar-refractivity contribution < 1.29 is 13.9 Å². The van der Waals surface area contributed by atoms with Crippen LogP contribution in [0, 0.1) is 0 Å². The van der Waals surface area contributed by atoms with Gasteiger partial charge in [-0.3, -0.25) is 4.79 Å². The van der Waals surface area contributed by atoms with E-state index in [1.165, 1.54) is 6.07 Å². The molecule has 1 amide bonds. The molecule has 2 N–H and O–H groups in total. The largest absolute Gasteiger partial charge is 0.422 e. The van der Waals surface area contributed by atoms with Crippen molar-refractivity contribution in [2.75, 3.05) is 13.2 Å². The van der Waals surface area contributed by atoms with E-state index in [4.69, 9.17) is 14.9 Å². The fourth-order valence-electron chi connectivity index (χ4n) is 2.32. The van der Waals surface area contributed by atoms with Gasteiger partial charge < -0.3 is 14.9 Å². The summed E-state index contributed by atoms with van der Waals surface area (Å²) in [6, 6.07) is 7.05. The number of nitrogens with two attached hydrogens (primary N) is 1. The second-order valence-electron chi connectivity index (χ2n) is 5.41. The van der Waals surface area contributed by atoms with E-state index in [0.717, 1.165) is 25.0 Å². The topological polar surface area (TPSA) is 82.5 Å². The first-order chi connectivity index (χ1) is 10.5. The Morgan fingerprint density at radius 3 is 2.86 bits per heavy atom. The second-order valence-corrected chi connectivity index (χ2v) is 5.41. The van der Waals surface area contributed by atoms with Crippen LogP contribution in [-0.2, 0) is 4.74 Å². The highest BCUT2D eigenvalue weighted by Crippen LogP contribution is 2.25. The van der Waals surface area contributed by atoms with Crippen molar-refractivity contribution in [3.05, 3.63) is 45.8 Å². The number of ether oxygens (including phenoxy) is 1. The van der Waals surface area contributed by atoms with Gasteiger partial charge in [-0.15, -0.1) is 0 Å². The molecular formula is C17H21NO4. The van der Waals surface area contributed by atoms with Crippen LogP contribution in [0.15, 0.2) is 33.5 Å². The monoisotopic (exact) mass is 303 g/mol. The molecule has 0 saturated carbocycles. The van der Waals surface area contributed by atoms with Gasteiger partial charge in [0, 0.05) is 23.5 Å². The van der Waals surface area contributed by atoms with Gasteiger partial charge >= 0.3 is 5.63 Å². The van der Waals surface area contributed by atoms with Gasteiger partial charge in [0.25, 0.3) is 5.91 Å². The molecule has 0 bridgehead atoms. The van der Waals surface area contributed by atoms with Crippen molar-refractivity contribution in [1.29, 1.82) is 0 Å². The molecule has 0 aliphatic rings. The Morgan fingerprint density at radius 1 is 1.41 bits per heavy atom. The molecule has 0 spiro atoms. The maximum atomic E-state index is 11.8. The molecule has 1 aromatic heterocycles. The highest BCUT2D eigenvalue weighted by molar-refractivity contribution is 5.95. The van der Waals surface area contributed by atoms with Gasteiger partial charge in [0.1, 0.15) is 11.1 Å². The predicted octanol–water partition coefficient (Wildman–Crippen LogP) is 2.81. The van der Waals surface area contributed by atoms with Crippen molar-refractivity contribution in [2.24, 2.45) is 5.73 Å². The Kier molecular flexibility index (Phi) is 5.33. The minimum Gasteiger partial charge on any atom is -0.422 e. The summed E-state index contributed by atoms with van der Waals surface area (Å²) in [5, 5.41) is 0.686. The molecule has 2 aromatic rings. The normalized spacial score (nSPS) is 12.5. The number of amides is 1. The summed E-state index contributed by atoms with van der Waals surface area (Å²) >= 11 is 0. The first kappa shape index (κ1) is 16.2. The summed E-state index contributed by atoms with van der Waals surface area (Å²) in [5.41, 5.74) is 5.73. The molecular weight excluding hydrogens is 282 g/mol. The molecule has 22 heavy (non-hydrogen) atoms. The Morgan fingerprint density at radius 2 is 2.18 bits per heavy atom. The molecule has 0 saturated heterocycles. The average Bonchev–Trinajstić information content (AvgIpc) is 2.50. The van der Waals surface area contributed by atoms with Crippen LogP contribution in [0.25, 0.3) is 11.0 Å². The summed E-state index contributed by atoms with van der Waals surface area (Å²) < 4.78 is 11.0. The number of primary amides is 1. The van der Waals surface area contributed by atoms with Gasteiger partial charge in [0.2, 0.25) is 0 Å². The van der Waals surface area contributed by atoms with E-state index in [1.54, 1.807) is 6.07 Å². The lowest BCUT2D eigenvalue weighted by Gasteiger charge is -2.14. The van der Waals surface area contributed by atoms with E-state index >= 15 is 0 Å². The Bertz CT molecular complexity index is 720. The quantitative estimate of drug-likeness (QED) is 0.630. The molecule has 0 radical (unpaired) electrons. The Hall–Kier alpha value is -2.14. The first-order valence-electron chi connectivity index (χ1n) is 7.49. The van der Waals surface area contributed by atoms with Gasteiger partial charge in [-0.2, -0.15) is 0 Å². The third kappa shape index (κ3) is 3.54. The van der Waals surface area contributed by atoms with Crippen LogP contribution in [0.5, 0.6) is 0 Å². The van der Waals surface area contributed by atoms with Crippen molar-refractivity contribution >= 4 is 16.9 Å². The zero-order valence-electron chi connectivity index (χ0n) is 12.9. The van der Waals surface area contributed by atoms with Gasteiger partial charge in [-0.1, -0.05) is 38.5 Å². The van der Waals surface area contributed by atoms with E-state index < -0.39 is 11.5 Å². The highest BCUT2D eigenvalue weighted by atomic mass is 16.5. The molecule has 1 atom stereocenters. The summed E-state index contributed by atoms with van der Waals surface area (Å²) in [7, 11) is 0. The number of unbranched alkanes of at least 4 members (excludes halogenated alkanes) is 1. The van der Waals surface area contributed by atoms with Gasteiger partial charge in [-0.25, -0.2) is 4.79 Å². The van der Waals surface area contributed by atoms with E-state index in [2.05, 4.69) is 6.92 Å². The van der Waals surface area contributed by atoms with Crippen LogP contribution in [-0.4, -0.2) is 19.1 Å². The predicted molar refractivity (Wildman–Crippen MR) is 85.1 cm³/mol. The lowest BCUT2D eigenvalue weighted by atomic mass is 9.99. The van der Waals surface area contributed by atoms with Crippen LogP contribution >= 0.6 is 0 Å². The number of carbonyl (C=O) groups is 1. The maximum absolute atomic E-state index is 11.8. The lowest BCUT2D eigenvalue weighted by Crippen LogP contribution is -2.21. The van der Waals surface area contributed by atoms with E-state index in [0.29, 0.717) is 17.6 Å². The van der Waals surface area contributed by atoms with Crippen LogP contribution in [0.4, 0.5) is 0 Å². The van der Waals surface area contributed by atoms with E-state index in [9.17, 15) is 9.59 Å². The van der Waals surface area contributed by atoms with Crippen LogP contribution in [0.3, 0.4) is 0 Å². The summed E-state index contributed by atoms with van der Waals surface area (Å²) in [4.78, 5) is 23.1. The zero-order valence-corrected chi connectivity index (χ0v) is 12.9. The Labute approximate surface area is 129 Å². The molecule has 0 fully saturated rings. The summed E-state index contributed by atoms with van der Waals surface area (Å²) in [6.45, 7) is 5.41. The van der Waals surface area contributed by atoms with Crippen molar-refractivity contribution in [3.63, 3.8) is 0 Å². The zero-order chi connectivity index (χ0) is 16.1. The average molecular weight is 303 g/mol. The lowest BCUT2D eigenvalue weighted by molar-refractivity contribution is 0.0997. The molecule has 1 aromatic carbocycles. The number of fused-ring (bicyclic) bond motifs is 1. The smallest absolute Gasteiger partial charge is 0.349 e. The fourth-order valence-corrected chi connectivity index (χ4v) is 2.32. The third-order valence-electron chi connectivity index (χ3n) is 3.60.